The topological polar surface area (TPSA) is 129 Å². The van der Waals surface area contributed by atoms with Crippen molar-refractivity contribution in [2.24, 2.45) is 0 Å². The van der Waals surface area contributed by atoms with Gasteiger partial charge < -0.3 is 19.7 Å². The second kappa shape index (κ2) is 17.6. The van der Waals surface area contributed by atoms with Gasteiger partial charge in [0.1, 0.15) is 0 Å². The molecule has 0 saturated heterocycles. The number of esters is 2. The van der Waals surface area contributed by atoms with Gasteiger partial charge in [0.05, 0.1) is 26.1 Å². The predicted molar refractivity (Wildman–Crippen MR) is 87.6 cm³/mol. The number of ether oxygens (including phenoxy) is 2. The van der Waals surface area contributed by atoms with Gasteiger partial charge in [-0.3, -0.25) is 9.59 Å². The van der Waals surface area contributed by atoms with Crippen LogP contribution in [0, 0.1) is 0 Å². The van der Waals surface area contributed by atoms with E-state index in [0.29, 0.717) is 0 Å². The molecule has 10 heteroatoms. The molecule has 0 heterocycles. The zero-order chi connectivity index (χ0) is 20.4. The first-order valence-electron chi connectivity index (χ1n) is 8.52. The first kappa shape index (κ1) is 27.4. The summed E-state index contributed by atoms with van der Waals surface area (Å²) in [7, 11) is 0. The Kier molecular flexibility index (Phi) is 18.5. The average Bonchev–Trinajstić information content (AvgIpc) is 2.55. The third-order valence-corrected chi connectivity index (χ3v) is 4.20. The average molecular weight is 458 g/mol. The van der Waals surface area contributed by atoms with E-state index in [-0.39, 0.29) is 13.2 Å². The fraction of sp³-hybridized carbons (Fsp3) is 0.812. The molecule has 0 aliphatic rings. The zero-order valence-corrected chi connectivity index (χ0v) is 18.4. The Morgan fingerprint density at radius 2 is 1.23 bits per heavy atom. The number of carboxylic acid groups (broad SMARTS) is 1. The number of aliphatic carboxylic acids is 1. The molecule has 0 aromatic rings. The van der Waals surface area contributed by atoms with Crippen LogP contribution in [0.4, 0.5) is 0 Å². The molecule has 26 heavy (non-hydrogen) atoms. The zero-order valence-electron chi connectivity index (χ0n) is 15.9. The minimum atomic E-state index is -2.49. The van der Waals surface area contributed by atoms with E-state index in [1.54, 1.807) is 13.8 Å². The molecular formula is C16H30O9Zr. The van der Waals surface area contributed by atoms with Crippen LogP contribution in [0.25, 0.3) is 0 Å². The Hall–Kier alpha value is -0.827. The first-order chi connectivity index (χ1) is 12.3. The molecule has 0 aromatic carbocycles. The van der Waals surface area contributed by atoms with E-state index < -0.39 is 60.5 Å². The quantitative estimate of drug-likeness (QED) is 0.312. The molecule has 0 saturated carbocycles. The Balaban J connectivity index is 0. The maximum atomic E-state index is 11.1. The van der Waals surface area contributed by atoms with Crippen LogP contribution in [0.15, 0.2) is 0 Å². The predicted octanol–water partition coefficient (Wildman–Crippen LogP) is 1.46. The van der Waals surface area contributed by atoms with Gasteiger partial charge in [0.25, 0.3) is 0 Å². The first-order valence-corrected chi connectivity index (χ1v) is 10.5. The van der Waals surface area contributed by atoms with Crippen molar-refractivity contribution in [1.82, 2.24) is 0 Å². The Labute approximate surface area is 167 Å². The number of carbonyl (C=O) groups is 3. The number of hydrogen-bond acceptors (Lipinski definition) is 8. The second-order valence-electron chi connectivity index (χ2n) is 5.08. The van der Waals surface area contributed by atoms with E-state index in [9.17, 15) is 19.5 Å². The Morgan fingerprint density at radius 3 is 1.50 bits per heavy atom. The molecule has 0 spiro atoms. The molecule has 0 bridgehead atoms. The SMILES string of the molecule is CCC[O][Zr][O]CCC.CCOC(=O)CC(O)(CC(=O)OCC)C(=O)O. The van der Waals surface area contributed by atoms with Crippen LogP contribution in [0.1, 0.15) is 53.4 Å². The van der Waals surface area contributed by atoms with Gasteiger partial charge in [-0.2, -0.15) is 0 Å². The molecule has 0 aliphatic carbocycles. The van der Waals surface area contributed by atoms with Gasteiger partial charge >= 0.3 is 87.6 Å². The molecular weight excluding hydrogens is 427 g/mol. The summed E-state index contributed by atoms with van der Waals surface area (Å²) in [5, 5.41) is 18.5. The second-order valence-corrected chi connectivity index (χ2v) is 6.91. The third-order valence-electron chi connectivity index (χ3n) is 2.61. The summed E-state index contributed by atoms with van der Waals surface area (Å²) in [6, 6.07) is 0. The molecule has 0 atom stereocenters. The van der Waals surface area contributed by atoms with Crippen molar-refractivity contribution in [2.45, 2.75) is 59.0 Å². The maximum absolute atomic E-state index is 11.1. The van der Waals surface area contributed by atoms with Gasteiger partial charge in [0.2, 0.25) is 0 Å². The fourth-order valence-electron chi connectivity index (χ4n) is 1.44. The number of carboxylic acids is 1. The van der Waals surface area contributed by atoms with Gasteiger partial charge in [-0.25, -0.2) is 4.79 Å². The van der Waals surface area contributed by atoms with Crippen LogP contribution in [-0.4, -0.2) is 60.1 Å². The van der Waals surface area contributed by atoms with Gasteiger partial charge in [0, 0.05) is 0 Å². The van der Waals surface area contributed by atoms with Gasteiger partial charge in [0.15, 0.2) is 5.60 Å². The van der Waals surface area contributed by atoms with Crippen LogP contribution in [0.5, 0.6) is 0 Å². The van der Waals surface area contributed by atoms with E-state index in [1.165, 1.54) is 0 Å². The third kappa shape index (κ3) is 15.4. The smallest absolute Gasteiger partial charge is 0.336 e. The molecule has 0 radical (unpaired) electrons. The van der Waals surface area contributed by atoms with Crippen molar-refractivity contribution < 1.29 is 63.8 Å². The molecule has 0 aromatic heterocycles. The van der Waals surface area contributed by atoms with E-state index in [0.717, 1.165) is 26.1 Å². The number of hydrogen-bond donors (Lipinski definition) is 2. The van der Waals surface area contributed by atoms with Gasteiger partial charge in [-0.15, -0.1) is 0 Å². The number of rotatable bonds is 13. The molecule has 0 amide bonds. The Morgan fingerprint density at radius 1 is 0.846 bits per heavy atom. The molecule has 0 rings (SSSR count). The minimum Gasteiger partial charge on any atom is -0.479 e. The fourth-order valence-corrected chi connectivity index (χ4v) is 3.06. The standard InChI is InChI=1S/C10H16O7.2C3H7O.Zr/c1-3-16-7(11)5-10(15,9(13)14)6-8(12)17-4-2;2*1-2-3-4;/h15H,3-6H2,1-2H3,(H,13,14);2*2-3H2,1H3;/q;2*-1;+2. The van der Waals surface area contributed by atoms with Crippen molar-refractivity contribution in [3.8, 4) is 0 Å². The summed E-state index contributed by atoms with van der Waals surface area (Å²) in [4.78, 5) is 33.0. The Bertz CT molecular complexity index is 375. The van der Waals surface area contributed by atoms with E-state index in [2.05, 4.69) is 23.3 Å². The summed E-state index contributed by atoms with van der Waals surface area (Å²) in [5.74, 6) is -3.44. The normalized spacial score (nSPS) is 10.3. The maximum Gasteiger partial charge on any atom is 0.336 e. The summed E-state index contributed by atoms with van der Waals surface area (Å²) < 4.78 is 19.5. The number of carbonyl (C=O) groups excluding carboxylic acids is 2. The molecule has 9 nitrogen and oxygen atoms in total. The summed E-state index contributed by atoms with van der Waals surface area (Å²) in [5.41, 5.74) is -2.49. The molecule has 0 fully saturated rings. The van der Waals surface area contributed by atoms with E-state index in [4.69, 9.17) is 10.7 Å². The van der Waals surface area contributed by atoms with Crippen molar-refractivity contribution in [2.75, 3.05) is 26.4 Å². The van der Waals surface area contributed by atoms with E-state index in [1.807, 2.05) is 0 Å². The van der Waals surface area contributed by atoms with Crippen LogP contribution in [0.2, 0.25) is 0 Å². The monoisotopic (exact) mass is 456 g/mol. The summed E-state index contributed by atoms with van der Waals surface area (Å²) in [6.07, 6.45) is 0.622. The largest absolute Gasteiger partial charge is 0.479 e. The van der Waals surface area contributed by atoms with Crippen molar-refractivity contribution in [3.63, 3.8) is 0 Å². The van der Waals surface area contributed by atoms with Crippen LogP contribution >= 0.6 is 0 Å². The van der Waals surface area contributed by atoms with E-state index >= 15 is 0 Å². The van der Waals surface area contributed by atoms with Crippen LogP contribution < -0.4 is 0 Å². The summed E-state index contributed by atoms with van der Waals surface area (Å²) in [6.45, 7) is 9.21. The molecule has 0 aliphatic heterocycles. The number of aliphatic hydroxyl groups is 1. The van der Waals surface area contributed by atoms with Gasteiger partial charge in [-0.1, -0.05) is 0 Å². The van der Waals surface area contributed by atoms with Crippen molar-refractivity contribution in [1.29, 1.82) is 0 Å². The summed E-state index contributed by atoms with van der Waals surface area (Å²) >= 11 is -0.851. The van der Waals surface area contributed by atoms with Crippen molar-refractivity contribution in [3.05, 3.63) is 0 Å². The van der Waals surface area contributed by atoms with Crippen LogP contribution in [0.3, 0.4) is 0 Å². The van der Waals surface area contributed by atoms with Crippen LogP contribution in [-0.2, 0) is 53.6 Å². The van der Waals surface area contributed by atoms with Crippen molar-refractivity contribution >= 4 is 17.9 Å². The molecule has 2 N–H and O–H groups in total. The molecule has 152 valence electrons. The minimum absolute atomic E-state index is 0.0634. The van der Waals surface area contributed by atoms with Gasteiger partial charge in [-0.05, 0) is 13.8 Å². The molecule has 0 unspecified atom stereocenters.